The van der Waals surface area contributed by atoms with E-state index in [4.69, 9.17) is 16.7 Å². The Kier molecular flexibility index (Phi) is 2.81. The van der Waals surface area contributed by atoms with Gasteiger partial charge in [0.15, 0.2) is 10.8 Å². The van der Waals surface area contributed by atoms with Crippen LogP contribution in [0, 0.1) is 0 Å². The highest BCUT2D eigenvalue weighted by Crippen LogP contribution is 2.12. The highest BCUT2D eigenvalue weighted by atomic mass is 35.5. The Hall–Kier alpha value is -1.95. The number of hydrogen-bond acceptors (Lipinski definition) is 4. The molecular formula is C10H8ClN3O3. The van der Waals surface area contributed by atoms with Crippen LogP contribution in [0.4, 0.5) is 0 Å². The predicted octanol–water partition coefficient (Wildman–Crippen LogP) is 1.16. The minimum atomic E-state index is -1.27. The van der Waals surface area contributed by atoms with E-state index in [0.29, 0.717) is 12.2 Å². The lowest BCUT2D eigenvalue weighted by atomic mass is 10.2. The minimum Gasteiger partial charge on any atom is -0.477 e. The van der Waals surface area contributed by atoms with Gasteiger partial charge in [0.05, 0.1) is 5.39 Å². The molecule has 2 aromatic rings. The van der Waals surface area contributed by atoms with Crippen LogP contribution in [-0.2, 0) is 6.54 Å². The minimum absolute atomic E-state index is 0.0554. The summed E-state index contributed by atoms with van der Waals surface area (Å²) >= 11 is 5.65. The molecule has 0 aromatic carbocycles. The highest BCUT2D eigenvalue weighted by Gasteiger charge is 2.15. The van der Waals surface area contributed by atoms with Crippen LogP contribution >= 0.6 is 11.6 Å². The molecule has 0 saturated heterocycles. The molecule has 2 rings (SSSR count). The predicted molar refractivity (Wildman–Crippen MR) is 61.4 cm³/mol. The number of pyridine rings is 1. The quantitative estimate of drug-likeness (QED) is 0.868. The number of hydrogen-bond donors (Lipinski definition) is 1. The summed E-state index contributed by atoms with van der Waals surface area (Å²) in [5, 5.41) is 16.6. The molecule has 17 heavy (non-hydrogen) atoms. The largest absolute Gasteiger partial charge is 0.477 e. The topological polar surface area (TPSA) is 85.1 Å². The molecular weight excluding hydrogens is 246 g/mol. The van der Waals surface area contributed by atoms with Crippen LogP contribution in [0.25, 0.3) is 11.0 Å². The molecule has 0 saturated carbocycles. The Morgan fingerprint density at radius 2 is 2.24 bits per heavy atom. The summed E-state index contributed by atoms with van der Waals surface area (Å²) in [6, 6.07) is 1.32. The molecule has 0 amide bonds. The van der Waals surface area contributed by atoms with Crippen LogP contribution in [0.5, 0.6) is 0 Å². The zero-order chi connectivity index (χ0) is 12.6. The average Bonchev–Trinajstić information content (AvgIpc) is 2.29. The van der Waals surface area contributed by atoms with Crippen LogP contribution < -0.4 is 5.43 Å². The van der Waals surface area contributed by atoms with Gasteiger partial charge in [-0.3, -0.25) is 4.79 Å². The van der Waals surface area contributed by atoms with Gasteiger partial charge in [-0.15, -0.1) is 10.2 Å². The fourth-order valence-electron chi connectivity index (χ4n) is 1.55. The van der Waals surface area contributed by atoms with E-state index < -0.39 is 11.4 Å². The van der Waals surface area contributed by atoms with E-state index in [2.05, 4.69) is 10.2 Å². The standard InChI is InChI=1S/C10H8ClN3O3/c1-2-14-4-6(10(16)17)8(15)5-3-7(11)12-13-9(5)14/h3-4H,2H2,1H3,(H,16,17). The van der Waals surface area contributed by atoms with Crippen molar-refractivity contribution in [2.75, 3.05) is 0 Å². The molecule has 0 radical (unpaired) electrons. The normalized spacial score (nSPS) is 10.7. The molecule has 0 unspecified atom stereocenters. The zero-order valence-corrected chi connectivity index (χ0v) is 9.60. The molecule has 0 aliphatic carbocycles. The van der Waals surface area contributed by atoms with Crippen molar-refractivity contribution in [1.82, 2.24) is 14.8 Å². The maximum absolute atomic E-state index is 11.9. The van der Waals surface area contributed by atoms with Gasteiger partial charge < -0.3 is 9.67 Å². The molecule has 0 fully saturated rings. The fourth-order valence-corrected chi connectivity index (χ4v) is 1.70. The monoisotopic (exact) mass is 253 g/mol. The Labute approximate surface area is 100 Å². The maximum Gasteiger partial charge on any atom is 0.341 e. The Morgan fingerprint density at radius 1 is 1.53 bits per heavy atom. The second-order valence-corrected chi connectivity index (χ2v) is 3.75. The summed E-state index contributed by atoms with van der Waals surface area (Å²) < 4.78 is 1.55. The van der Waals surface area contributed by atoms with Crippen molar-refractivity contribution in [3.05, 3.63) is 33.2 Å². The molecule has 2 aromatic heterocycles. The molecule has 0 spiro atoms. The molecule has 7 heteroatoms. The fraction of sp³-hybridized carbons (Fsp3) is 0.200. The van der Waals surface area contributed by atoms with Crippen LogP contribution in [0.1, 0.15) is 17.3 Å². The van der Waals surface area contributed by atoms with E-state index in [9.17, 15) is 9.59 Å². The Morgan fingerprint density at radius 3 is 2.82 bits per heavy atom. The number of carboxylic acids is 1. The summed E-state index contributed by atoms with van der Waals surface area (Å²) in [5.41, 5.74) is -0.579. The summed E-state index contributed by atoms with van der Waals surface area (Å²) in [5.74, 6) is -1.27. The maximum atomic E-state index is 11.9. The van der Waals surface area contributed by atoms with Crippen molar-refractivity contribution in [3.8, 4) is 0 Å². The number of aryl methyl sites for hydroxylation is 1. The van der Waals surface area contributed by atoms with Gasteiger partial charge in [0.2, 0.25) is 5.43 Å². The lowest BCUT2D eigenvalue weighted by molar-refractivity contribution is 0.0695. The SMILES string of the molecule is CCn1cc(C(=O)O)c(=O)c2cc(Cl)nnc21. The van der Waals surface area contributed by atoms with Crippen molar-refractivity contribution >= 4 is 28.6 Å². The summed E-state index contributed by atoms with van der Waals surface area (Å²) in [4.78, 5) is 22.8. The van der Waals surface area contributed by atoms with E-state index in [1.54, 1.807) is 4.57 Å². The average molecular weight is 254 g/mol. The van der Waals surface area contributed by atoms with Crippen molar-refractivity contribution in [2.24, 2.45) is 0 Å². The van der Waals surface area contributed by atoms with Gasteiger partial charge in [-0.25, -0.2) is 4.79 Å². The molecule has 2 heterocycles. The number of aromatic carboxylic acids is 1. The summed E-state index contributed by atoms with van der Waals surface area (Å²) in [6.07, 6.45) is 1.26. The third-order valence-corrected chi connectivity index (χ3v) is 2.55. The first-order valence-electron chi connectivity index (χ1n) is 4.84. The van der Waals surface area contributed by atoms with Crippen molar-refractivity contribution in [2.45, 2.75) is 13.5 Å². The third kappa shape index (κ3) is 1.87. The van der Waals surface area contributed by atoms with Crippen LogP contribution in [-0.4, -0.2) is 25.8 Å². The smallest absolute Gasteiger partial charge is 0.341 e. The number of carboxylic acid groups (broad SMARTS) is 1. The first-order valence-corrected chi connectivity index (χ1v) is 5.22. The lowest BCUT2D eigenvalue weighted by Crippen LogP contribution is -2.19. The van der Waals surface area contributed by atoms with E-state index in [0.717, 1.165) is 0 Å². The van der Waals surface area contributed by atoms with Gasteiger partial charge in [-0.05, 0) is 13.0 Å². The third-order valence-electron chi connectivity index (χ3n) is 2.36. The lowest BCUT2D eigenvalue weighted by Gasteiger charge is -2.07. The first-order chi connectivity index (χ1) is 8.04. The van der Waals surface area contributed by atoms with E-state index >= 15 is 0 Å². The number of aromatic nitrogens is 3. The summed E-state index contributed by atoms with van der Waals surface area (Å²) in [7, 11) is 0. The highest BCUT2D eigenvalue weighted by molar-refractivity contribution is 6.29. The molecule has 0 aliphatic rings. The number of carbonyl (C=O) groups is 1. The molecule has 6 nitrogen and oxygen atoms in total. The van der Waals surface area contributed by atoms with Crippen LogP contribution in [0.3, 0.4) is 0 Å². The zero-order valence-electron chi connectivity index (χ0n) is 8.85. The number of rotatable bonds is 2. The second kappa shape index (κ2) is 4.14. The molecule has 0 aliphatic heterocycles. The van der Waals surface area contributed by atoms with Gasteiger partial charge in [0.1, 0.15) is 5.56 Å². The van der Waals surface area contributed by atoms with Crippen LogP contribution in [0.2, 0.25) is 5.15 Å². The van der Waals surface area contributed by atoms with Gasteiger partial charge in [0, 0.05) is 12.7 Å². The number of nitrogens with zero attached hydrogens (tertiary/aromatic N) is 3. The second-order valence-electron chi connectivity index (χ2n) is 3.37. The van der Waals surface area contributed by atoms with Gasteiger partial charge in [-0.1, -0.05) is 11.6 Å². The molecule has 0 bridgehead atoms. The van der Waals surface area contributed by atoms with Gasteiger partial charge in [0.25, 0.3) is 0 Å². The van der Waals surface area contributed by atoms with Crippen LogP contribution in [0.15, 0.2) is 17.1 Å². The van der Waals surface area contributed by atoms with E-state index in [1.165, 1.54) is 12.3 Å². The van der Waals surface area contributed by atoms with Crippen molar-refractivity contribution < 1.29 is 9.90 Å². The Bertz CT molecular complexity index is 666. The first kappa shape index (κ1) is 11.5. The van der Waals surface area contributed by atoms with Gasteiger partial charge >= 0.3 is 5.97 Å². The van der Waals surface area contributed by atoms with E-state index in [-0.39, 0.29) is 16.1 Å². The Balaban J connectivity index is 2.96. The number of fused-ring (bicyclic) bond motifs is 1. The molecule has 88 valence electrons. The van der Waals surface area contributed by atoms with E-state index in [1.807, 2.05) is 6.92 Å². The van der Waals surface area contributed by atoms with Crippen molar-refractivity contribution in [3.63, 3.8) is 0 Å². The molecule has 1 N–H and O–H groups in total. The summed E-state index contributed by atoms with van der Waals surface area (Å²) in [6.45, 7) is 2.29. The molecule has 0 atom stereocenters. The van der Waals surface area contributed by atoms with Crippen molar-refractivity contribution in [1.29, 1.82) is 0 Å². The number of halogens is 1. The van der Waals surface area contributed by atoms with Gasteiger partial charge in [-0.2, -0.15) is 0 Å².